The summed E-state index contributed by atoms with van der Waals surface area (Å²) in [5.74, 6) is 1.74. The number of ether oxygens (including phenoxy) is 2. The normalized spacial score (nSPS) is 10.6. The molecule has 0 saturated heterocycles. The highest BCUT2D eigenvalue weighted by Gasteiger charge is 2.05. The van der Waals surface area contributed by atoms with Crippen molar-refractivity contribution in [1.82, 2.24) is 5.32 Å². The van der Waals surface area contributed by atoms with E-state index in [-0.39, 0.29) is 0 Å². The lowest BCUT2D eigenvalue weighted by Gasteiger charge is -2.09. The smallest absolute Gasteiger partial charge is 0.412 e. The van der Waals surface area contributed by atoms with Crippen LogP contribution >= 0.6 is 0 Å². The molecule has 1 N–H and O–H groups in total. The Bertz CT molecular complexity index is 736. The molecule has 0 saturated carbocycles. The summed E-state index contributed by atoms with van der Waals surface area (Å²) in [6.07, 6.45) is 4.44. The van der Waals surface area contributed by atoms with Gasteiger partial charge in [0.1, 0.15) is 17.3 Å². The highest BCUT2D eigenvalue weighted by atomic mass is 16.6. The zero-order valence-corrected chi connectivity index (χ0v) is 13.3. The summed E-state index contributed by atoms with van der Waals surface area (Å²) in [6, 6.07) is 16.3. The fourth-order valence-electron chi connectivity index (χ4n) is 1.92. The average molecular weight is 321 g/mol. The van der Waals surface area contributed by atoms with Crippen LogP contribution < -0.4 is 14.8 Å². The van der Waals surface area contributed by atoms with Crippen LogP contribution in [0.15, 0.2) is 91.7 Å². The van der Waals surface area contributed by atoms with Crippen molar-refractivity contribution >= 4 is 6.09 Å². The number of hydrogen-bond donors (Lipinski definition) is 1. The highest BCUT2D eigenvalue weighted by Crippen LogP contribution is 2.17. The Hall–Kier alpha value is -3.27. The van der Waals surface area contributed by atoms with Crippen LogP contribution in [0.25, 0.3) is 0 Å². The van der Waals surface area contributed by atoms with Crippen LogP contribution in [0.3, 0.4) is 0 Å². The van der Waals surface area contributed by atoms with E-state index in [2.05, 4.69) is 18.5 Å². The van der Waals surface area contributed by atoms with Crippen molar-refractivity contribution in [2.75, 3.05) is 0 Å². The molecule has 4 heteroatoms. The number of carbonyl (C=O) groups excluding carboxylic acids is 1. The molecule has 0 aliphatic heterocycles. The average Bonchev–Trinajstić information content (AvgIpc) is 2.61. The van der Waals surface area contributed by atoms with Crippen molar-refractivity contribution in [3.63, 3.8) is 0 Å². The number of rotatable bonds is 7. The van der Waals surface area contributed by atoms with E-state index >= 15 is 0 Å². The minimum atomic E-state index is -0.508. The first-order valence-electron chi connectivity index (χ1n) is 7.44. The van der Waals surface area contributed by atoms with E-state index in [4.69, 9.17) is 9.47 Å². The van der Waals surface area contributed by atoms with Gasteiger partial charge in [0.15, 0.2) is 0 Å². The van der Waals surface area contributed by atoms with Crippen molar-refractivity contribution < 1.29 is 14.3 Å². The first-order chi connectivity index (χ1) is 11.7. The van der Waals surface area contributed by atoms with Crippen molar-refractivity contribution in [3.05, 3.63) is 97.3 Å². The molecule has 0 radical (unpaired) electrons. The van der Waals surface area contributed by atoms with Gasteiger partial charge in [-0.05, 0) is 42.0 Å². The maximum atomic E-state index is 11.8. The van der Waals surface area contributed by atoms with Gasteiger partial charge in [0.25, 0.3) is 0 Å². The van der Waals surface area contributed by atoms with Crippen molar-refractivity contribution in [2.45, 2.75) is 6.54 Å². The second-order valence-electron chi connectivity index (χ2n) is 4.81. The lowest BCUT2D eigenvalue weighted by molar-refractivity contribution is 0.200. The minimum Gasteiger partial charge on any atom is -0.457 e. The predicted molar refractivity (Wildman–Crippen MR) is 94.9 cm³/mol. The van der Waals surface area contributed by atoms with Gasteiger partial charge in [-0.1, -0.05) is 49.6 Å². The third kappa shape index (κ3) is 5.50. The third-order valence-electron chi connectivity index (χ3n) is 3.01. The van der Waals surface area contributed by atoms with Crippen LogP contribution in [0.4, 0.5) is 4.79 Å². The molecule has 0 atom stereocenters. The van der Waals surface area contributed by atoms with Gasteiger partial charge in [0.05, 0.1) is 0 Å². The van der Waals surface area contributed by atoms with E-state index < -0.39 is 6.09 Å². The monoisotopic (exact) mass is 321 g/mol. The largest absolute Gasteiger partial charge is 0.457 e. The van der Waals surface area contributed by atoms with Gasteiger partial charge in [-0.2, -0.15) is 0 Å². The zero-order valence-electron chi connectivity index (χ0n) is 13.3. The Morgan fingerprint density at radius 3 is 2.46 bits per heavy atom. The Morgan fingerprint density at radius 2 is 1.75 bits per heavy atom. The Morgan fingerprint density at radius 1 is 1.00 bits per heavy atom. The minimum absolute atomic E-state index is 0.331. The first-order valence-corrected chi connectivity index (χ1v) is 7.44. The van der Waals surface area contributed by atoms with Gasteiger partial charge < -0.3 is 14.8 Å². The van der Waals surface area contributed by atoms with E-state index in [9.17, 15) is 4.79 Å². The van der Waals surface area contributed by atoms with E-state index in [0.29, 0.717) is 23.8 Å². The molecule has 0 unspecified atom stereocenters. The molecule has 0 heterocycles. The number of benzene rings is 2. The molecule has 122 valence electrons. The summed E-state index contributed by atoms with van der Waals surface area (Å²) >= 11 is 0. The number of allylic oxidation sites excluding steroid dienone is 3. The first kappa shape index (κ1) is 17.1. The SMILES string of the molecule is C=C/C=C(\C=C)Oc1cccc(CNC(=O)Oc2ccccc2)c1. The van der Waals surface area contributed by atoms with Gasteiger partial charge in [-0.3, -0.25) is 0 Å². The highest BCUT2D eigenvalue weighted by molar-refractivity contribution is 5.70. The Kier molecular flexibility index (Phi) is 6.41. The summed E-state index contributed by atoms with van der Waals surface area (Å²) in [5.41, 5.74) is 0.888. The molecule has 4 nitrogen and oxygen atoms in total. The fraction of sp³-hybridized carbons (Fsp3) is 0.0500. The molecule has 0 aliphatic carbocycles. The summed E-state index contributed by atoms with van der Waals surface area (Å²) in [4.78, 5) is 11.8. The van der Waals surface area contributed by atoms with Crippen molar-refractivity contribution in [1.29, 1.82) is 0 Å². The van der Waals surface area contributed by atoms with Gasteiger partial charge >= 0.3 is 6.09 Å². The summed E-state index contributed by atoms with van der Waals surface area (Å²) in [7, 11) is 0. The maximum absolute atomic E-state index is 11.8. The number of amides is 1. The standard InChI is InChI=1S/C20H19NO3/c1-3-9-17(4-2)23-19-13-8-10-16(14-19)15-21-20(22)24-18-11-6-5-7-12-18/h3-14H,1-2,15H2,(H,21,22)/b17-9+. The predicted octanol–water partition coefficient (Wildman–Crippen LogP) is 4.61. The topological polar surface area (TPSA) is 47.6 Å². The summed E-state index contributed by atoms with van der Waals surface area (Å²) in [5, 5.41) is 2.70. The molecule has 0 aromatic heterocycles. The van der Waals surface area contributed by atoms with Gasteiger partial charge in [0.2, 0.25) is 0 Å². The van der Waals surface area contributed by atoms with Gasteiger partial charge in [0, 0.05) is 6.54 Å². The summed E-state index contributed by atoms with van der Waals surface area (Å²) < 4.78 is 10.8. The van der Waals surface area contributed by atoms with Crippen LogP contribution in [0, 0.1) is 0 Å². The molecule has 0 spiro atoms. The van der Waals surface area contributed by atoms with E-state index in [1.807, 2.05) is 30.3 Å². The second kappa shape index (κ2) is 9.00. The lowest BCUT2D eigenvalue weighted by Crippen LogP contribution is -2.26. The lowest BCUT2D eigenvalue weighted by atomic mass is 10.2. The number of carbonyl (C=O) groups is 1. The van der Waals surface area contributed by atoms with Crippen molar-refractivity contribution in [3.8, 4) is 11.5 Å². The van der Waals surface area contributed by atoms with E-state index in [1.54, 1.807) is 42.5 Å². The number of hydrogen-bond acceptors (Lipinski definition) is 3. The maximum Gasteiger partial charge on any atom is 0.412 e. The van der Waals surface area contributed by atoms with Crippen LogP contribution in [-0.2, 0) is 6.54 Å². The molecular formula is C20H19NO3. The molecule has 24 heavy (non-hydrogen) atoms. The van der Waals surface area contributed by atoms with Crippen LogP contribution in [0.5, 0.6) is 11.5 Å². The molecule has 0 fully saturated rings. The van der Waals surface area contributed by atoms with Crippen LogP contribution in [0.1, 0.15) is 5.56 Å². The van der Waals surface area contributed by atoms with E-state index in [0.717, 1.165) is 5.56 Å². The molecule has 0 bridgehead atoms. The van der Waals surface area contributed by atoms with E-state index in [1.165, 1.54) is 0 Å². The van der Waals surface area contributed by atoms with Crippen molar-refractivity contribution in [2.24, 2.45) is 0 Å². The third-order valence-corrected chi connectivity index (χ3v) is 3.01. The zero-order chi connectivity index (χ0) is 17.2. The number of para-hydroxylation sites is 1. The molecule has 1 amide bonds. The van der Waals surface area contributed by atoms with Crippen LogP contribution in [0.2, 0.25) is 0 Å². The van der Waals surface area contributed by atoms with Gasteiger partial charge in [-0.25, -0.2) is 4.79 Å². The Balaban J connectivity index is 1.92. The molecule has 2 aromatic rings. The Labute approximate surface area is 141 Å². The quantitative estimate of drug-likeness (QED) is 0.598. The van der Waals surface area contributed by atoms with Crippen LogP contribution in [-0.4, -0.2) is 6.09 Å². The number of nitrogens with one attached hydrogen (secondary N) is 1. The molecular weight excluding hydrogens is 302 g/mol. The molecule has 2 aromatic carbocycles. The fourth-order valence-corrected chi connectivity index (χ4v) is 1.92. The van der Waals surface area contributed by atoms with Gasteiger partial charge in [-0.15, -0.1) is 0 Å². The molecule has 0 aliphatic rings. The summed E-state index contributed by atoms with van der Waals surface area (Å²) in [6.45, 7) is 7.64. The second-order valence-corrected chi connectivity index (χ2v) is 4.81. The molecule has 2 rings (SSSR count).